The minimum Gasteiger partial charge on any atom is -0.469 e. The van der Waals surface area contributed by atoms with Crippen LogP contribution >= 0.6 is 0 Å². The summed E-state index contributed by atoms with van der Waals surface area (Å²) in [7, 11) is 1.37. The molecule has 0 aromatic rings. The van der Waals surface area contributed by atoms with Gasteiger partial charge in [0.05, 0.1) is 19.6 Å². The van der Waals surface area contributed by atoms with E-state index in [0.717, 1.165) is 25.9 Å². The second-order valence-corrected chi connectivity index (χ2v) is 4.96. The number of nitrogens with zero attached hydrogens (tertiary/aromatic N) is 1. The summed E-state index contributed by atoms with van der Waals surface area (Å²) >= 11 is 0. The number of likely N-dealkylation sites (tertiary alicyclic amines) is 1. The molecule has 5 heteroatoms. The topological polar surface area (TPSA) is 58.6 Å². The van der Waals surface area contributed by atoms with E-state index in [-0.39, 0.29) is 30.4 Å². The monoisotopic (exact) mass is 256 g/mol. The van der Waals surface area contributed by atoms with Gasteiger partial charge in [-0.3, -0.25) is 9.59 Å². The van der Waals surface area contributed by atoms with Crippen molar-refractivity contribution < 1.29 is 14.3 Å². The zero-order valence-corrected chi connectivity index (χ0v) is 11.6. The van der Waals surface area contributed by atoms with E-state index in [0.29, 0.717) is 0 Å². The van der Waals surface area contributed by atoms with Gasteiger partial charge in [-0.1, -0.05) is 0 Å². The molecule has 1 N–H and O–H groups in total. The molecule has 1 aliphatic heterocycles. The number of carbonyl (C=O) groups is 2. The fourth-order valence-electron chi connectivity index (χ4n) is 2.28. The van der Waals surface area contributed by atoms with Crippen molar-refractivity contribution in [3.8, 4) is 0 Å². The van der Waals surface area contributed by atoms with Crippen LogP contribution in [-0.4, -0.2) is 49.1 Å². The minimum atomic E-state index is -0.257. The lowest BCUT2D eigenvalue weighted by atomic mass is 10.1. The lowest BCUT2D eigenvalue weighted by Crippen LogP contribution is -2.49. The van der Waals surface area contributed by atoms with Gasteiger partial charge in [0.15, 0.2) is 0 Å². The summed E-state index contributed by atoms with van der Waals surface area (Å²) in [6.45, 7) is 5.45. The van der Waals surface area contributed by atoms with Crippen molar-refractivity contribution in [2.24, 2.45) is 0 Å². The van der Waals surface area contributed by atoms with E-state index >= 15 is 0 Å². The Morgan fingerprint density at radius 3 is 2.39 bits per heavy atom. The maximum Gasteiger partial charge on any atom is 0.307 e. The van der Waals surface area contributed by atoms with Crippen LogP contribution in [0.25, 0.3) is 0 Å². The van der Waals surface area contributed by atoms with Gasteiger partial charge in [-0.15, -0.1) is 0 Å². The normalized spacial score (nSPS) is 19.2. The van der Waals surface area contributed by atoms with Crippen molar-refractivity contribution in [1.82, 2.24) is 10.2 Å². The lowest BCUT2D eigenvalue weighted by Gasteiger charge is -2.30. The van der Waals surface area contributed by atoms with Gasteiger partial charge in [0.25, 0.3) is 0 Å². The number of esters is 1. The van der Waals surface area contributed by atoms with Crippen molar-refractivity contribution in [3.63, 3.8) is 0 Å². The van der Waals surface area contributed by atoms with Crippen LogP contribution in [0.5, 0.6) is 0 Å². The Kier molecular flexibility index (Phi) is 6.12. The molecule has 1 amide bonds. The Balaban J connectivity index is 2.36. The van der Waals surface area contributed by atoms with Crippen molar-refractivity contribution in [1.29, 1.82) is 0 Å². The number of methoxy groups -OCH3 is 1. The molecule has 0 radical (unpaired) electrons. The molecule has 0 aromatic heterocycles. The molecule has 18 heavy (non-hydrogen) atoms. The zero-order chi connectivity index (χ0) is 13.5. The maximum absolute atomic E-state index is 12.1. The standard InChI is InChI=1S/C13H24N2O3/c1-10(9-12(16)18-3)14-11(2)13(17)15-7-5-4-6-8-15/h10-11,14H,4-9H2,1-3H3. The first-order valence-electron chi connectivity index (χ1n) is 6.66. The molecule has 104 valence electrons. The number of ether oxygens (including phenoxy) is 1. The second kappa shape index (κ2) is 7.36. The molecule has 0 aliphatic carbocycles. The largest absolute Gasteiger partial charge is 0.469 e. The fourth-order valence-corrected chi connectivity index (χ4v) is 2.28. The van der Waals surface area contributed by atoms with Gasteiger partial charge in [0.2, 0.25) is 5.91 Å². The third kappa shape index (κ3) is 4.64. The van der Waals surface area contributed by atoms with Gasteiger partial charge in [0, 0.05) is 19.1 Å². The molecular weight excluding hydrogens is 232 g/mol. The molecule has 1 saturated heterocycles. The predicted molar refractivity (Wildman–Crippen MR) is 69.1 cm³/mol. The number of amides is 1. The highest BCUT2D eigenvalue weighted by molar-refractivity contribution is 5.81. The molecule has 0 bridgehead atoms. The Labute approximate surface area is 109 Å². The van der Waals surface area contributed by atoms with E-state index in [4.69, 9.17) is 0 Å². The summed E-state index contributed by atoms with van der Waals surface area (Å²) in [5.74, 6) is -0.126. The summed E-state index contributed by atoms with van der Waals surface area (Å²) in [5, 5.41) is 3.15. The van der Waals surface area contributed by atoms with E-state index in [1.54, 1.807) is 0 Å². The smallest absolute Gasteiger partial charge is 0.307 e. The molecule has 0 saturated carbocycles. The fraction of sp³-hybridized carbons (Fsp3) is 0.846. The maximum atomic E-state index is 12.1. The van der Waals surface area contributed by atoms with E-state index in [9.17, 15) is 9.59 Å². The van der Waals surface area contributed by atoms with Crippen LogP contribution in [0.2, 0.25) is 0 Å². The van der Waals surface area contributed by atoms with E-state index in [1.165, 1.54) is 13.5 Å². The number of carbonyl (C=O) groups excluding carboxylic acids is 2. The number of hydrogen-bond acceptors (Lipinski definition) is 4. The Morgan fingerprint density at radius 2 is 1.83 bits per heavy atom. The predicted octanol–water partition coefficient (Wildman–Crippen LogP) is 0.929. The summed E-state index contributed by atoms with van der Waals surface area (Å²) in [6, 6.07) is -0.302. The molecule has 2 atom stereocenters. The van der Waals surface area contributed by atoms with Crippen LogP contribution in [-0.2, 0) is 14.3 Å². The summed E-state index contributed by atoms with van der Waals surface area (Å²) in [6.07, 6.45) is 3.69. The Hall–Kier alpha value is -1.10. The molecule has 1 fully saturated rings. The first kappa shape index (κ1) is 15.0. The van der Waals surface area contributed by atoms with Gasteiger partial charge >= 0.3 is 5.97 Å². The van der Waals surface area contributed by atoms with Gasteiger partial charge in [-0.2, -0.15) is 0 Å². The van der Waals surface area contributed by atoms with E-state index in [1.807, 2.05) is 18.7 Å². The third-order valence-electron chi connectivity index (χ3n) is 3.27. The summed E-state index contributed by atoms with van der Waals surface area (Å²) < 4.78 is 4.60. The zero-order valence-electron chi connectivity index (χ0n) is 11.6. The molecular formula is C13H24N2O3. The number of piperidine rings is 1. The van der Waals surface area contributed by atoms with Crippen molar-refractivity contribution >= 4 is 11.9 Å². The molecule has 0 aromatic carbocycles. The second-order valence-electron chi connectivity index (χ2n) is 4.96. The number of hydrogen-bond donors (Lipinski definition) is 1. The first-order valence-corrected chi connectivity index (χ1v) is 6.66. The third-order valence-corrected chi connectivity index (χ3v) is 3.27. The van der Waals surface area contributed by atoms with Crippen LogP contribution in [0.3, 0.4) is 0 Å². The molecule has 0 spiro atoms. The SMILES string of the molecule is COC(=O)CC(C)NC(C)C(=O)N1CCCCC1. The quantitative estimate of drug-likeness (QED) is 0.743. The molecule has 1 heterocycles. The Morgan fingerprint density at radius 1 is 1.22 bits per heavy atom. The minimum absolute atomic E-state index is 0.0545. The van der Waals surface area contributed by atoms with E-state index < -0.39 is 0 Å². The molecule has 1 aliphatic rings. The summed E-state index contributed by atoms with van der Waals surface area (Å²) in [5.41, 5.74) is 0. The lowest BCUT2D eigenvalue weighted by molar-refractivity contribution is -0.141. The summed E-state index contributed by atoms with van der Waals surface area (Å²) in [4.78, 5) is 25.2. The van der Waals surface area contributed by atoms with Crippen LogP contribution in [0.1, 0.15) is 39.5 Å². The first-order chi connectivity index (χ1) is 8.54. The van der Waals surface area contributed by atoms with Crippen LogP contribution < -0.4 is 5.32 Å². The van der Waals surface area contributed by atoms with E-state index in [2.05, 4.69) is 10.1 Å². The van der Waals surface area contributed by atoms with Crippen molar-refractivity contribution in [2.45, 2.75) is 51.6 Å². The van der Waals surface area contributed by atoms with Gasteiger partial charge in [-0.25, -0.2) is 0 Å². The molecule has 1 rings (SSSR count). The van der Waals surface area contributed by atoms with Gasteiger partial charge in [0.1, 0.15) is 0 Å². The highest BCUT2D eigenvalue weighted by Crippen LogP contribution is 2.10. The van der Waals surface area contributed by atoms with Gasteiger partial charge in [-0.05, 0) is 33.1 Å². The highest BCUT2D eigenvalue weighted by Gasteiger charge is 2.23. The highest BCUT2D eigenvalue weighted by atomic mass is 16.5. The van der Waals surface area contributed by atoms with Crippen LogP contribution in [0, 0.1) is 0 Å². The Bertz CT molecular complexity index is 288. The molecule has 2 unspecified atom stereocenters. The van der Waals surface area contributed by atoms with Crippen LogP contribution in [0.4, 0.5) is 0 Å². The van der Waals surface area contributed by atoms with Crippen molar-refractivity contribution in [3.05, 3.63) is 0 Å². The average Bonchev–Trinajstić information content (AvgIpc) is 2.38. The number of nitrogens with one attached hydrogen (secondary N) is 1. The van der Waals surface area contributed by atoms with Crippen LogP contribution in [0.15, 0.2) is 0 Å². The van der Waals surface area contributed by atoms with Gasteiger partial charge < -0.3 is 15.0 Å². The number of rotatable bonds is 5. The van der Waals surface area contributed by atoms with Crippen molar-refractivity contribution in [2.75, 3.05) is 20.2 Å². The average molecular weight is 256 g/mol. The molecule has 5 nitrogen and oxygen atoms in total.